The highest BCUT2D eigenvalue weighted by Gasteiger charge is 2.35. The van der Waals surface area contributed by atoms with Gasteiger partial charge in [-0.2, -0.15) is 5.10 Å². The zero-order valence-electron chi connectivity index (χ0n) is 15.2. The van der Waals surface area contributed by atoms with Crippen molar-refractivity contribution >= 4 is 44.4 Å². The maximum absolute atomic E-state index is 13.9. The van der Waals surface area contributed by atoms with Gasteiger partial charge in [0.25, 0.3) is 0 Å². The van der Waals surface area contributed by atoms with Crippen molar-refractivity contribution in [3.05, 3.63) is 39.5 Å². The van der Waals surface area contributed by atoms with Crippen molar-refractivity contribution in [2.75, 3.05) is 13.7 Å². The first-order valence-corrected chi connectivity index (χ1v) is 9.87. The van der Waals surface area contributed by atoms with Crippen LogP contribution in [0.4, 0.5) is 4.39 Å². The van der Waals surface area contributed by atoms with Crippen molar-refractivity contribution in [1.29, 1.82) is 0 Å². The highest BCUT2D eigenvalue weighted by atomic mass is 79.9. The zero-order chi connectivity index (χ0) is 20.0. The summed E-state index contributed by atoms with van der Waals surface area (Å²) < 4.78 is 28.4. The van der Waals surface area contributed by atoms with Crippen LogP contribution in [0, 0.1) is 0 Å². The molecule has 2 unspecified atom stereocenters. The predicted octanol–water partition coefficient (Wildman–Crippen LogP) is 3.70. The second-order valence-corrected chi connectivity index (χ2v) is 7.69. The summed E-state index contributed by atoms with van der Waals surface area (Å²) in [7, 11) is 1.53. The van der Waals surface area contributed by atoms with Gasteiger partial charge in [0.1, 0.15) is 11.7 Å². The number of carbonyl (C=O) groups excluding carboxylic acids is 1. The van der Waals surface area contributed by atoms with Gasteiger partial charge >= 0.3 is 5.97 Å². The molecule has 2 atom stereocenters. The van der Waals surface area contributed by atoms with Crippen LogP contribution in [0.15, 0.2) is 23.1 Å². The second kappa shape index (κ2) is 7.36. The van der Waals surface area contributed by atoms with Gasteiger partial charge in [-0.1, -0.05) is 11.6 Å². The maximum Gasteiger partial charge on any atom is 0.337 e. The summed E-state index contributed by atoms with van der Waals surface area (Å²) in [5.41, 5.74) is 1.60. The third-order valence-electron chi connectivity index (χ3n) is 4.70. The highest BCUT2D eigenvalue weighted by molar-refractivity contribution is 9.10. The van der Waals surface area contributed by atoms with Gasteiger partial charge in [0, 0.05) is 23.7 Å². The third kappa shape index (κ3) is 3.06. The molecule has 10 heteroatoms. The molecule has 1 aliphatic heterocycles. The summed E-state index contributed by atoms with van der Waals surface area (Å²) in [5.74, 6) is -0.0204. The molecule has 0 saturated carbocycles. The first kappa shape index (κ1) is 19.2. The number of ether oxygens (including phenoxy) is 2. The van der Waals surface area contributed by atoms with E-state index in [0.29, 0.717) is 37.5 Å². The van der Waals surface area contributed by atoms with E-state index in [1.54, 1.807) is 30.1 Å². The number of rotatable bonds is 5. The first-order valence-electron chi connectivity index (χ1n) is 8.70. The topological polar surface area (TPSA) is 71.2 Å². The van der Waals surface area contributed by atoms with Crippen LogP contribution in [-0.2, 0) is 22.5 Å². The standard InChI is InChI=1S/C18H17BrClFN4O3/c1-3-28-18(26)16(15-13-4-9(21)6-24(13)8-22-15)25-7-10-12(20)5-11(19)17(27-2)14(10)23-25/h5,7-9,16H,3-4,6H2,1-2H3. The number of hydrogen-bond donors (Lipinski definition) is 0. The van der Waals surface area contributed by atoms with Crippen LogP contribution in [-0.4, -0.2) is 45.2 Å². The van der Waals surface area contributed by atoms with E-state index in [1.165, 1.54) is 11.8 Å². The van der Waals surface area contributed by atoms with Crippen molar-refractivity contribution in [3.63, 3.8) is 0 Å². The quantitative estimate of drug-likeness (QED) is 0.531. The molecule has 0 saturated heterocycles. The number of hydrogen-bond acceptors (Lipinski definition) is 5. The molecular formula is C18H17BrClFN4O3. The molecule has 0 aliphatic carbocycles. The Bertz CT molecular complexity index is 1070. The molecule has 1 aliphatic rings. The Labute approximate surface area is 173 Å². The second-order valence-electron chi connectivity index (χ2n) is 6.43. The fourth-order valence-electron chi connectivity index (χ4n) is 3.51. The summed E-state index contributed by atoms with van der Waals surface area (Å²) in [5, 5.41) is 5.62. The Morgan fingerprint density at radius 1 is 1.54 bits per heavy atom. The van der Waals surface area contributed by atoms with Crippen LogP contribution in [0.5, 0.6) is 5.75 Å². The van der Waals surface area contributed by atoms with Crippen molar-refractivity contribution in [2.24, 2.45) is 0 Å². The molecule has 0 N–H and O–H groups in total. The van der Waals surface area contributed by atoms with Crippen LogP contribution in [0.1, 0.15) is 24.4 Å². The average molecular weight is 472 g/mol. The average Bonchev–Trinajstić information content (AvgIpc) is 3.31. The Hall–Kier alpha value is -2.13. The van der Waals surface area contributed by atoms with Crippen molar-refractivity contribution in [2.45, 2.75) is 32.1 Å². The number of benzene rings is 1. The number of imidazole rings is 1. The van der Waals surface area contributed by atoms with E-state index in [-0.39, 0.29) is 19.6 Å². The zero-order valence-corrected chi connectivity index (χ0v) is 17.5. The lowest BCUT2D eigenvalue weighted by atomic mass is 10.1. The molecule has 0 radical (unpaired) electrons. The lowest BCUT2D eigenvalue weighted by Crippen LogP contribution is -2.25. The van der Waals surface area contributed by atoms with Crippen molar-refractivity contribution in [1.82, 2.24) is 19.3 Å². The summed E-state index contributed by atoms with van der Waals surface area (Å²) in [6.45, 7) is 2.15. The fourth-order valence-corrected chi connectivity index (χ4v) is 4.47. The molecule has 0 fully saturated rings. The molecule has 148 valence electrons. The van der Waals surface area contributed by atoms with E-state index in [0.717, 1.165) is 0 Å². The van der Waals surface area contributed by atoms with Gasteiger partial charge in [0.2, 0.25) is 0 Å². The van der Waals surface area contributed by atoms with Gasteiger partial charge in [-0.25, -0.2) is 14.2 Å². The minimum Gasteiger partial charge on any atom is -0.493 e. The van der Waals surface area contributed by atoms with Crippen molar-refractivity contribution in [3.8, 4) is 5.75 Å². The number of carbonyl (C=O) groups is 1. The van der Waals surface area contributed by atoms with Gasteiger partial charge < -0.3 is 14.0 Å². The molecule has 7 nitrogen and oxygen atoms in total. The van der Waals surface area contributed by atoms with Crippen LogP contribution < -0.4 is 4.74 Å². The normalized spacial score (nSPS) is 17.0. The molecule has 3 heterocycles. The lowest BCUT2D eigenvalue weighted by molar-refractivity contribution is -0.146. The van der Waals surface area contributed by atoms with Gasteiger partial charge in [0.15, 0.2) is 11.8 Å². The van der Waals surface area contributed by atoms with E-state index in [2.05, 4.69) is 26.0 Å². The number of alkyl halides is 1. The number of esters is 1. The number of methoxy groups -OCH3 is 1. The number of halogens is 3. The Morgan fingerprint density at radius 2 is 2.32 bits per heavy atom. The molecular weight excluding hydrogens is 455 g/mol. The summed E-state index contributed by atoms with van der Waals surface area (Å²) in [4.78, 5) is 17.2. The van der Waals surface area contributed by atoms with Crippen LogP contribution >= 0.6 is 27.5 Å². The predicted molar refractivity (Wildman–Crippen MR) is 105 cm³/mol. The van der Waals surface area contributed by atoms with Crippen LogP contribution in [0.2, 0.25) is 5.02 Å². The number of nitrogens with zero attached hydrogens (tertiary/aromatic N) is 4. The van der Waals surface area contributed by atoms with E-state index >= 15 is 0 Å². The summed E-state index contributed by atoms with van der Waals surface area (Å²) >= 11 is 9.77. The van der Waals surface area contributed by atoms with Gasteiger partial charge in [0.05, 0.1) is 41.8 Å². The van der Waals surface area contributed by atoms with Crippen LogP contribution in [0.3, 0.4) is 0 Å². The summed E-state index contributed by atoms with van der Waals surface area (Å²) in [6, 6.07) is 0.754. The maximum atomic E-state index is 13.9. The highest BCUT2D eigenvalue weighted by Crippen LogP contribution is 2.38. The molecule has 0 spiro atoms. The van der Waals surface area contributed by atoms with E-state index in [9.17, 15) is 9.18 Å². The van der Waals surface area contributed by atoms with E-state index in [4.69, 9.17) is 21.1 Å². The number of fused-ring (bicyclic) bond motifs is 2. The minimum absolute atomic E-state index is 0.196. The number of aromatic nitrogens is 4. The first-order chi connectivity index (χ1) is 13.4. The smallest absolute Gasteiger partial charge is 0.337 e. The lowest BCUT2D eigenvalue weighted by Gasteiger charge is -2.15. The van der Waals surface area contributed by atoms with Gasteiger partial charge in [-0.3, -0.25) is 4.68 Å². The Morgan fingerprint density at radius 3 is 3.04 bits per heavy atom. The molecule has 0 bridgehead atoms. The molecule has 4 rings (SSSR count). The molecule has 2 aromatic heterocycles. The van der Waals surface area contributed by atoms with Crippen LogP contribution in [0.25, 0.3) is 10.9 Å². The van der Waals surface area contributed by atoms with Gasteiger partial charge in [-0.05, 0) is 28.9 Å². The van der Waals surface area contributed by atoms with E-state index in [1.807, 2.05) is 0 Å². The molecule has 3 aromatic rings. The van der Waals surface area contributed by atoms with Gasteiger partial charge in [-0.15, -0.1) is 0 Å². The summed E-state index contributed by atoms with van der Waals surface area (Å²) in [6.07, 6.45) is 2.40. The molecule has 0 amide bonds. The minimum atomic E-state index is -0.998. The Kier molecular flexibility index (Phi) is 5.05. The Balaban J connectivity index is 1.89. The fraction of sp³-hybridized carbons (Fsp3) is 0.389. The third-order valence-corrected chi connectivity index (χ3v) is 5.60. The SMILES string of the molecule is CCOC(=O)C(c1ncn2c1CC(F)C2)n1cc2c(Cl)cc(Br)c(OC)c2n1. The monoisotopic (exact) mass is 470 g/mol. The molecule has 1 aromatic carbocycles. The van der Waals surface area contributed by atoms with E-state index < -0.39 is 18.2 Å². The largest absolute Gasteiger partial charge is 0.493 e. The van der Waals surface area contributed by atoms with Crippen molar-refractivity contribution < 1.29 is 18.7 Å². The molecule has 28 heavy (non-hydrogen) atoms.